The van der Waals surface area contributed by atoms with Crippen LogP contribution in [-0.2, 0) is 18.9 Å². The summed E-state index contributed by atoms with van der Waals surface area (Å²) in [5.74, 6) is -1.04. The summed E-state index contributed by atoms with van der Waals surface area (Å²) in [5, 5.41) is 1.92. The van der Waals surface area contributed by atoms with Crippen LogP contribution in [0.25, 0.3) is 11.1 Å². The smallest absolute Gasteiger partial charge is 0.352 e. The van der Waals surface area contributed by atoms with E-state index in [1.165, 1.54) is 13.8 Å². The van der Waals surface area contributed by atoms with Crippen LogP contribution in [0.15, 0.2) is 103 Å². The summed E-state index contributed by atoms with van der Waals surface area (Å²) in [7, 11) is -3.42. The Morgan fingerprint density at radius 1 is 0.778 bits per heavy atom. The largest absolute Gasteiger partial charge is 0.451 e. The van der Waals surface area contributed by atoms with Gasteiger partial charge in [-0.2, -0.15) is 0 Å². The van der Waals surface area contributed by atoms with Crippen molar-refractivity contribution in [3.05, 3.63) is 107 Å². The average molecular weight is 610 g/mol. The van der Waals surface area contributed by atoms with Crippen molar-refractivity contribution in [2.45, 2.75) is 20.0 Å². The lowest BCUT2D eigenvalue weighted by Gasteiger charge is -2.25. The van der Waals surface area contributed by atoms with Crippen LogP contribution in [0.1, 0.15) is 13.8 Å². The van der Waals surface area contributed by atoms with Crippen molar-refractivity contribution in [3.63, 3.8) is 0 Å². The summed E-state index contributed by atoms with van der Waals surface area (Å²) in [6.07, 6.45) is -1.08. The molecule has 0 amide bonds. The van der Waals surface area contributed by atoms with Gasteiger partial charge in [-0.15, -0.1) is 0 Å². The van der Waals surface area contributed by atoms with Crippen molar-refractivity contribution in [2.75, 3.05) is 0 Å². The fourth-order valence-corrected chi connectivity index (χ4v) is 8.48. The van der Waals surface area contributed by atoms with E-state index in [1.807, 2.05) is 97.1 Å². The Balaban J connectivity index is 1.98. The van der Waals surface area contributed by atoms with Crippen LogP contribution in [0.5, 0.6) is 5.75 Å². The molecule has 0 aliphatic heterocycles. The van der Waals surface area contributed by atoms with Crippen molar-refractivity contribution in [2.24, 2.45) is 0 Å². The van der Waals surface area contributed by atoms with Gasteiger partial charge in [0.1, 0.15) is 5.75 Å². The van der Waals surface area contributed by atoms with E-state index < -0.39 is 25.2 Å². The van der Waals surface area contributed by atoms with E-state index in [0.717, 1.165) is 11.1 Å². The Labute approximate surface area is 224 Å². The minimum atomic E-state index is -3.42. The molecular weight excluding hydrogens is 586 g/mol. The van der Waals surface area contributed by atoms with Crippen molar-refractivity contribution in [1.82, 2.24) is 0 Å². The molecule has 4 aromatic carbocycles. The van der Waals surface area contributed by atoms with Crippen LogP contribution in [0.4, 0.5) is 0 Å². The molecule has 182 valence electrons. The minimum absolute atomic E-state index is 0.251. The molecule has 0 heterocycles. The van der Waals surface area contributed by atoms with Gasteiger partial charge in [-0.3, -0.25) is 4.79 Å². The van der Waals surface area contributed by atoms with E-state index in [4.69, 9.17) is 9.47 Å². The topological polar surface area (TPSA) is 69.7 Å². The highest BCUT2D eigenvalue weighted by atomic mass is 127. The lowest BCUT2D eigenvalue weighted by molar-refractivity contribution is -0.159. The number of benzene rings is 4. The second-order valence-corrected chi connectivity index (χ2v) is 11.9. The second-order valence-electron chi connectivity index (χ2n) is 8.09. The van der Waals surface area contributed by atoms with E-state index in [2.05, 4.69) is 22.6 Å². The molecule has 7 heteroatoms. The van der Waals surface area contributed by atoms with E-state index in [0.29, 0.717) is 19.5 Å². The molecule has 0 N–H and O–H groups in total. The van der Waals surface area contributed by atoms with Crippen LogP contribution in [-0.4, -0.2) is 18.0 Å². The van der Waals surface area contributed by atoms with E-state index in [1.54, 1.807) is 6.07 Å². The monoisotopic (exact) mass is 610 g/mol. The molecule has 0 radical (unpaired) electrons. The molecule has 0 fully saturated rings. The summed E-state index contributed by atoms with van der Waals surface area (Å²) in [5.41, 5.74) is 1.67. The number of carbonyl (C=O) groups is 2. The molecule has 0 unspecified atom stereocenters. The third-order valence-corrected chi connectivity index (χ3v) is 10.2. The third-order valence-electron chi connectivity index (χ3n) is 5.61. The number of hydrogen-bond donors (Lipinski definition) is 0. The maximum atomic E-state index is 15.3. The first-order valence-corrected chi connectivity index (χ1v) is 14.1. The number of ether oxygens (including phenoxy) is 2. The molecule has 5 nitrogen and oxygen atoms in total. The molecular formula is C29H24IO5P. The normalized spacial score (nSPS) is 12.0. The van der Waals surface area contributed by atoms with Gasteiger partial charge in [0.15, 0.2) is 13.2 Å². The predicted octanol–water partition coefficient (Wildman–Crippen LogP) is 5.45. The van der Waals surface area contributed by atoms with Crippen molar-refractivity contribution in [1.29, 1.82) is 0 Å². The molecule has 0 spiro atoms. The van der Waals surface area contributed by atoms with Gasteiger partial charge in [0, 0.05) is 22.8 Å². The first kappa shape index (κ1) is 25.9. The Kier molecular flexibility index (Phi) is 8.07. The fraction of sp³-hybridized carbons (Fsp3) is 0.103. The summed E-state index contributed by atoms with van der Waals surface area (Å²) >= 11 is 2.10. The van der Waals surface area contributed by atoms with Crippen LogP contribution >= 0.6 is 29.7 Å². The SMILES string of the molecule is CC(=O)O[C@@H](C)C(=O)Oc1ccc(-c2ccccc2)c(P(=O)(c2ccccc2)c2ccccc2)c1I. The molecule has 4 rings (SSSR count). The minimum Gasteiger partial charge on any atom is -0.451 e. The number of hydrogen-bond acceptors (Lipinski definition) is 5. The quantitative estimate of drug-likeness (QED) is 0.121. The highest BCUT2D eigenvalue weighted by molar-refractivity contribution is 14.1. The lowest BCUT2D eigenvalue weighted by Crippen LogP contribution is -2.31. The Hall–Kier alpha value is -3.22. The standard InChI is InChI=1S/C29H24IO5P/c1-20(34-21(2)31)29(32)35-26-19-18-25(22-12-6-3-7-13-22)28(27(26)30)36(33,23-14-8-4-9-15-23)24-16-10-5-11-17-24/h3-20H,1-2H3/t20-/m0/s1. The van der Waals surface area contributed by atoms with Crippen LogP contribution in [0.2, 0.25) is 0 Å². The zero-order valence-corrected chi connectivity index (χ0v) is 22.8. The maximum Gasteiger partial charge on any atom is 0.352 e. The Bertz CT molecular complexity index is 1380. The van der Waals surface area contributed by atoms with Gasteiger partial charge >= 0.3 is 11.9 Å². The zero-order valence-electron chi connectivity index (χ0n) is 19.8. The van der Waals surface area contributed by atoms with Gasteiger partial charge in [-0.25, -0.2) is 4.79 Å². The number of carbonyl (C=O) groups excluding carboxylic acids is 2. The summed E-state index contributed by atoms with van der Waals surface area (Å²) in [6.45, 7) is 2.69. The Morgan fingerprint density at radius 2 is 1.28 bits per heavy atom. The first-order valence-electron chi connectivity index (χ1n) is 11.3. The van der Waals surface area contributed by atoms with Crippen LogP contribution in [0.3, 0.4) is 0 Å². The lowest BCUT2D eigenvalue weighted by atomic mass is 10.1. The maximum absolute atomic E-state index is 15.3. The van der Waals surface area contributed by atoms with Crippen molar-refractivity contribution in [3.8, 4) is 16.9 Å². The Morgan fingerprint density at radius 3 is 1.78 bits per heavy atom. The first-order chi connectivity index (χ1) is 17.3. The molecule has 0 bridgehead atoms. The van der Waals surface area contributed by atoms with E-state index >= 15 is 4.57 Å². The molecule has 4 aromatic rings. The molecule has 1 atom stereocenters. The van der Waals surface area contributed by atoms with Gasteiger partial charge in [0.05, 0.1) is 3.57 Å². The summed E-state index contributed by atoms with van der Waals surface area (Å²) in [4.78, 5) is 24.0. The van der Waals surface area contributed by atoms with Crippen LogP contribution < -0.4 is 20.7 Å². The third kappa shape index (κ3) is 5.30. The van der Waals surface area contributed by atoms with Crippen molar-refractivity contribution < 1.29 is 23.6 Å². The highest BCUT2D eigenvalue weighted by Crippen LogP contribution is 2.48. The van der Waals surface area contributed by atoms with Gasteiger partial charge in [0.2, 0.25) is 0 Å². The molecule has 0 saturated heterocycles. The zero-order chi connectivity index (χ0) is 25.7. The van der Waals surface area contributed by atoms with E-state index in [-0.39, 0.29) is 5.75 Å². The molecule has 0 saturated carbocycles. The number of rotatable bonds is 7. The number of halogens is 1. The summed E-state index contributed by atoms with van der Waals surface area (Å²) in [6, 6.07) is 31.9. The van der Waals surface area contributed by atoms with Gasteiger partial charge in [-0.05, 0) is 52.8 Å². The molecule has 0 aromatic heterocycles. The summed E-state index contributed by atoms with van der Waals surface area (Å²) < 4.78 is 26.5. The number of esters is 2. The van der Waals surface area contributed by atoms with E-state index in [9.17, 15) is 9.59 Å². The molecule has 0 aliphatic rings. The molecule has 0 aliphatic carbocycles. The highest BCUT2D eigenvalue weighted by Gasteiger charge is 2.36. The van der Waals surface area contributed by atoms with Gasteiger partial charge < -0.3 is 14.0 Å². The van der Waals surface area contributed by atoms with Crippen molar-refractivity contribution >= 4 is 57.6 Å². The van der Waals surface area contributed by atoms with Gasteiger partial charge in [0.25, 0.3) is 0 Å². The predicted molar refractivity (Wildman–Crippen MR) is 151 cm³/mol. The molecule has 36 heavy (non-hydrogen) atoms. The second kappa shape index (κ2) is 11.2. The fourth-order valence-electron chi connectivity index (χ4n) is 3.95. The average Bonchev–Trinajstić information content (AvgIpc) is 2.90. The van der Waals surface area contributed by atoms with Gasteiger partial charge in [-0.1, -0.05) is 91.0 Å². The van der Waals surface area contributed by atoms with Crippen LogP contribution in [0, 0.1) is 3.57 Å².